The Morgan fingerprint density at radius 1 is 1.40 bits per heavy atom. The second kappa shape index (κ2) is 6.23. The Morgan fingerprint density at radius 3 is 2.96 bits per heavy atom. The van der Waals surface area contributed by atoms with Crippen molar-refractivity contribution in [3.8, 4) is 0 Å². The van der Waals surface area contributed by atoms with E-state index in [2.05, 4.69) is 20.4 Å². The molecule has 3 aromatic rings. The molecule has 0 radical (unpaired) electrons. The molecule has 1 N–H and O–H groups in total. The molecule has 1 saturated carbocycles. The third-order valence-corrected chi connectivity index (χ3v) is 4.34. The minimum atomic E-state index is -0.377. The number of fused-ring (bicyclic) bond motifs is 1. The van der Waals surface area contributed by atoms with E-state index in [-0.39, 0.29) is 17.8 Å². The Kier molecular flexibility index (Phi) is 3.91. The molecule has 0 unspecified atom stereocenters. The Morgan fingerprint density at radius 2 is 2.24 bits per heavy atom. The number of carbonyl (C=O) groups excluding carboxylic acids is 1. The van der Waals surface area contributed by atoms with Crippen LogP contribution in [0.5, 0.6) is 0 Å². The minimum Gasteiger partial charge on any atom is -0.348 e. The van der Waals surface area contributed by atoms with Gasteiger partial charge in [-0.05, 0) is 44.0 Å². The third kappa shape index (κ3) is 3.35. The van der Waals surface area contributed by atoms with E-state index < -0.39 is 0 Å². The van der Waals surface area contributed by atoms with E-state index in [9.17, 15) is 9.18 Å². The maximum Gasteiger partial charge on any atom is 0.252 e. The van der Waals surface area contributed by atoms with Crippen LogP contribution < -0.4 is 5.32 Å². The number of rotatable bonds is 5. The van der Waals surface area contributed by atoms with Gasteiger partial charge in [-0.15, -0.1) is 0 Å². The van der Waals surface area contributed by atoms with Crippen LogP contribution in [0.2, 0.25) is 0 Å². The molecule has 1 fully saturated rings. The quantitative estimate of drug-likeness (QED) is 0.776. The SMILES string of the molecule is C[C@@H](Cn1cncn1)NC(=O)c1cc(C2CC2)nc2ccc(F)cc12. The van der Waals surface area contributed by atoms with Crippen LogP contribution in [0.1, 0.15) is 41.7 Å². The zero-order valence-corrected chi connectivity index (χ0v) is 13.8. The molecule has 0 aliphatic heterocycles. The fourth-order valence-corrected chi connectivity index (χ4v) is 2.95. The molecular formula is C18H18FN5O. The standard InChI is InChI=1S/C18H18FN5O/c1-11(8-24-10-20-9-21-24)22-18(25)15-7-17(12-2-3-12)23-16-5-4-13(19)6-14(15)16/h4-7,9-12H,2-3,8H2,1H3,(H,22,25)/t11-/m0/s1. The zero-order valence-electron chi connectivity index (χ0n) is 13.8. The van der Waals surface area contributed by atoms with Gasteiger partial charge in [-0.25, -0.2) is 9.37 Å². The minimum absolute atomic E-state index is 0.143. The average Bonchev–Trinajstić information content (AvgIpc) is 3.32. The lowest BCUT2D eigenvalue weighted by Gasteiger charge is -2.15. The number of benzene rings is 1. The lowest BCUT2D eigenvalue weighted by molar-refractivity contribution is 0.0937. The number of halogens is 1. The van der Waals surface area contributed by atoms with Gasteiger partial charge in [-0.3, -0.25) is 14.5 Å². The Bertz CT molecular complexity index is 921. The molecule has 0 bridgehead atoms. The summed E-state index contributed by atoms with van der Waals surface area (Å²) in [4.78, 5) is 21.3. The summed E-state index contributed by atoms with van der Waals surface area (Å²) >= 11 is 0. The first kappa shape index (κ1) is 15.7. The van der Waals surface area contributed by atoms with Gasteiger partial charge in [-0.2, -0.15) is 5.10 Å². The van der Waals surface area contributed by atoms with Gasteiger partial charge in [-0.1, -0.05) is 0 Å². The predicted octanol–water partition coefficient (Wildman–Crippen LogP) is 2.66. The van der Waals surface area contributed by atoms with Gasteiger partial charge in [0.2, 0.25) is 0 Å². The summed E-state index contributed by atoms with van der Waals surface area (Å²) in [7, 11) is 0. The smallest absolute Gasteiger partial charge is 0.252 e. The first-order valence-corrected chi connectivity index (χ1v) is 8.33. The molecule has 1 atom stereocenters. The second-order valence-corrected chi connectivity index (χ2v) is 6.52. The van der Waals surface area contributed by atoms with E-state index in [0.29, 0.717) is 28.9 Å². The van der Waals surface area contributed by atoms with Gasteiger partial charge in [0.15, 0.2) is 0 Å². The molecule has 6 nitrogen and oxygen atoms in total. The van der Waals surface area contributed by atoms with Crippen LogP contribution in [0.25, 0.3) is 10.9 Å². The van der Waals surface area contributed by atoms with Crippen LogP contribution in [-0.4, -0.2) is 31.7 Å². The van der Waals surface area contributed by atoms with E-state index in [4.69, 9.17) is 0 Å². The zero-order chi connectivity index (χ0) is 17.4. The maximum atomic E-state index is 13.7. The molecule has 2 heterocycles. The maximum absolute atomic E-state index is 13.7. The summed E-state index contributed by atoms with van der Waals surface area (Å²) in [5.41, 5.74) is 2.03. The normalized spacial score (nSPS) is 15.3. The number of carbonyl (C=O) groups is 1. The van der Waals surface area contributed by atoms with Crippen molar-refractivity contribution in [3.63, 3.8) is 0 Å². The summed E-state index contributed by atoms with van der Waals surface area (Å²) in [6.45, 7) is 2.41. The molecule has 4 rings (SSSR count). The average molecular weight is 339 g/mol. The van der Waals surface area contributed by atoms with Crippen molar-refractivity contribution in [3.05, 3.63) is 54.0 Å². The lowest BCUT2D eigenvalue weighted by atomic mass is 10.0. The van der Waals surface area contributed by atoms with Crippen molar-refractivity contribution < 1.29 is 9.18 Å². The molecular weight excluding hydrogens is 321 g/mol. The highest BCUT2D eigenvalue weighted by Gasteiger charge is 2.27. The van der Waals surface area contributed by atoms with Gasteiger partial charge in [0.25, 0.3) is 5.91 Å². The molecule has 1 aromatic carbocycles. The van der Waals surface area contributed by atoms with E-state index in [1.54, 1.807) is 23.1 Å². The summed E-state index contributed by atoms with van der Waals surface area (Å²) in [5.74, 6) is -0.195. The predicted molar refractivity (Wildman–Crippen MR) is 90.6 cm³/mol. The van der Waals surface area contributed by atoms with Crippen LogP contribution >= 0.6 is 0 Å². The van der Waals surface area contributed by atoms with Crippen LogP contribution in [0.3, 0.4) is 0 Å². The third-order valence-electron chi connectivity index (χ3n) is 4.34. The van der Waals surface area contributed by atoms with Crippen LogP contribution in [0.15, 0.2) is 36.9 Å². The van der Waals surface area contributed by atoms with E-state index in [1.165, 1.54) is 18.5 Å². The van der Waals surface area contributed by atoms with E-state index in [1.807, 2.05) is 6.92 Å². The van der Waals surface area contributed by atoms with Crippen molar-refractivity contribution in [2.24, 2.45) is 0 Å². The number of hydrogen-bond donors (Lipinski definition) is 1. The van der Waals surface area contributed by atoms with Crippen molar-refractivity contribution in [1.82, 2.24) is 25.1 Å². The van der Waals surface area contributed by atoms with Crippen LogP contribution in [-0.2, 0) is 6.54 Å². The highest BCUT2D eigenvalue weighted by molar-refractivity contribution is 6.06. The summed E-state index contributed by atoms with van der Waals surface area (Å²) in [5, 5.41) is 7.53. The van der Waals surface area contributed by atoms with Crippen molar-refractivity contribution in [2.45, 2.75) is 38.3 Å². The molecule has 2 aromatic heterocycles. The van der Waals surface area contributed by atoms with Gasteiger partial charge in [0, 0.05) is 23.0 Å². The Balaban J connectivity index is 1.64. The largest absolute Gasteiger partial charge is 0.348 e. The molecule has 0 spiro atoms. The van der Waals surface area contributed by atoms with Crippen molar-refractivity contribution >= 4 is 16.8 Å². The summed E-state index contributed by atoms with van der Waals surface area (Å²) in [6, 6.07) is 6.04. The number of aromatic nitrogens is 4. The van der Waals surface area contributed by atoms with Crippen LogP contribution in [0.4, 0.5) is 4.39 Å². The van der Waals surface area contributed by atoms with Gasteiger partial charge in [0.05, 0.1) is 17.6 Å². The van der Waals surface area contributed by atoms with Gasteiger partial charge < -0.3 is 5.32 Å². The van der Waals surface area contributed by atoms with Gasteiger partial charge >= 0.3 is 0 Å². The monoisotopic (exact) mass is 339 g/mol. The number of pyridine rings is 1. The first-order chi connectivity index (χ1) is 12.1. The molecule has 1 aliphatic rings. The van der Waals surface area contributed by atoms with Gasteiger partial charge in [0.1, 0.15) is 18.5 Å². The molecule has 0 saturated heterocycles. The molecule has 25 heavy (non-hydrogen) atoms. The Hall–Kier alpha value is -2.83. The lowest BCUT2D eigenvalue weighted by Crippen LogP contribution is -2.36. The number of nitrogens with zero attached hydrogens (tertiary/aromatic N) is 4. The van der Waals surface area contributed by atoms with E-state index >= 15 is 0 Å². The number of nitrogens with one attached hydrogen (secondary N) is 1. The van der Waals surface area contributed by atoms with Crippen LogP contribution in [0, 0.1) is 5.82 Å². The molecule has 1 amide bonds. The fraction of sp³-hybridized carbons (Fsp3) is 0.333. The number of amides is 1. The highest BCUT2D eigenvalue weighted by Crippen LogP contribution is 2.40. The fourth-order valence-electron chi connectivity index (χ4n) is 2.95. The first-order valence-electron chi connectivity index (χ1n) is 8.33. The molecule has 128 valence electrons. The van der Waals surface area contributed by atoms with Crippen molar-refractivity contribution in [2.75, 3.05) is 0 Å². The molecule has 1 aliphatic carbocycles. The summed E-state index contributed by atoms with van der Waals surface area (Å²) < 4.78 is 15.3. The van der Waals surface area contributed by atoms with E-state index in [0.717, 1.165) is 18.5 Å². The number of hydrogen-bond acceptors (Lipinski definition) is 4. The highest BCUT2D eigenvalue weighted by atomic mass is 19.1. The topological polar surface area (TPSA) is 72.7 Å². The molecule has 7 heteroatoms. The van der Waals surface area contributed by atoms with Crippen molar-refractivity contribution in [1.29, 1.82) is 0 Å². The summed E-state index contributed by atoms with van der Waals surface area (Å²) in [6.07, 6.45) is 5.23. The second-order valence-electron chi connectivity index (χ2n) is 6.52. The Labute approximate surface area is 144 Å².